The monoisotopic (exact) mass is 514 g/mol. The van der Waals surface area contributed by atoms with Crippen LogP contribution in [0.4, 0.5) is 74.6 Å². The number of nitrogens with zero attached hydrogens (tertiary/aromatic N) is 2. The molecule has 0 radical (unpaired) electrons. The van der Waals surface area contributed by atoms with Crippen molar-refractivity contribution in [1.29, 1.82) is 0 Å². The number of imidazole rings is 1. The van der Waals surface area contributed by atoms with Crippen molar-refractivity contribution in [2.75, 3.05) is 0 Å². The summed E-state index contributed by atoms with van der Waals surface area (Å²) in [5.74, 6) is -56.1. The van der Waals surface area contributed by atoms with Gasteiger partial charge in [-0.05, 0) is 0 Å². The molecule has 19 heteroatoms. The molecule has 0 atom stereocenters. The third-order valence-corrected chi connectivity index (χ3v) is 4.03. The third kappa shape index (κ3) is 3.73. The lowest BCUT2D eigenvalue weighted by atomic mass is 9.88. The molecule has 0 saturated heterocycles. The Balaban J connectivity index is 3.47. The standard InChI is InChI=1S/C13H7F17N2/c14-6(15,1-3-32-4-2-31-5-32)7(16,17)8(18,19)9(20,21)10(22,23)11(24,25)12(26,27)13(28,29)30/h2,4-5H,1,3H2. The van der Waals surface area contributed by atoms with Crippen LogP contribution in [0.1, 0.15) is 6.42 Å². The molecule has 0 fully saturated rings. The molecule has 0 saturated carbocycles. The molecule has 0 unspecified atom stereocenters. The summed E-state index contributed by atoms with van der Waals surface area (Å²) < 4.78 is 222. The van der Waals surface area contributed by atoms with E-state index in [0.29, 0.717) is 10.9 Å². The molecule has 0 aliphatic rings. The van der Waals surface area contributed by atoms with E-state index in [1.54, 1.807) is 0 Å². The smallest absolute Gasteiger partial charge is 0.337 e. The summed E-state index contributed by atoms with van der Waals surface area (Å²) in [5, 5.41) is 0. The van der Waals surface area contributed by atoms with Crippen molar-refractivity contribution in [2.24, 2.45) is 0 Å². The second-order valence-electron chi connectivity index (χ2n) is 6.20. The first kappa shape index (κ1) is 28.1. The highest BCUT2D eigenvalue weighted by molar-refractivity contribution is 5.15. The number of halogens is 17. The van der Waals surface area contributed by atoms with Crippen LogP contribution in [-0.4, -0.2) is 57.2 Å². The minimum absolute atomic E-state index is 0.479. The molecule has 0 spiro atoms. The summed E-state index contributed by atoms with van der Waals surface area (Å²) in [6.45, 7) is -1.40. The first-order valence-corrected chi connectivity index (χ1v) is 7.50. The normalized spacial score (nSPS) is 15.9. The Hall–Kier alpha value is -1.98. The molecular formula is C13H7F17N2. The van der Waals surface area contributed by atoms with Gasteiger partial charge in [-0.2, -0.15) is 74.6 Å². The zero-order valence-electron chi connectivity index (χ0n) is 14.5. The van der Waals surface area contributed by atoms with Crippen LogP contribution in [0.3, 0.4) is 0 Å². The summed E-state index contributed by atoms with van der Waals surface area (Å²) >= 11 is 0. The molecule has 0 bridgehead atoms. The van der Waals surface area contributed by atoms with E-state index in [1.807, 2.05) is 0 Å². The van der Waals surface area contributed by atoms with E-state index in [0.717, 1.165) is 12.4 Å². The van der Waals surface area contributed by atoms with Crippen molar-refractivity contribution in [3.05, 3.63) is 18.7 Å². The number of hydrogen-bond acceptors (Lipinski definition) is 1. The topological polar surface area (TPSA) is 17.8 Å². The molecule has 188 valence electrons. The highest BCUT2D eigenvalue weighted by Crippen LogP contribution is 2.64. The molecule has 0 aliphatic carbocycles. The number of hydrogen-bond donors (Lipinski definition) is 0. The first-order valence-electron chi connectivity index (χ1n) is 7.50. The van der Waals surface area contributed by atoms with Gasteiger partial charge in [0.05, 0.1) is 6.33 Å². The number of aryl methyl sites for hydroxylation is 1. The summed E-state index contributed by atoms with van der Waals surface area (Å²) in [6.07, 6.45) is -8.07. The minimum atomic E-state index is -8.60. The van der Waals surface area contributed by atoms with Crippen molar-refractivity contribution < 1.29 is 74.6 Å². The molecule has 1 heterocycles. The van der Waals surface area contributed by atoms with Gasteiger partial charge in [0.2, 0.25) is 0 Å². The predicted octanol–water partition coefficient (Wildman–Crippen LogP) is 6.28. The van der Waals surface area contributed by atoms with Crippen LogP contribution in [0.25, 0.3) is 0 Å². The lowest BCUT2D eigenvalue weighted by Crippen LogP contribution is -2.74. The number of aromatic nitrogens is 2. The maximum absolute atomic E-state index is 13.6. The third-order valence-electron chi connectivity index (χ3n) is 4.03. The average Bonchev–Trinajstić information content (AvgIpc) is 3.11. The van der Waals surface area contributed by atoms with Crippen LogP contribution in [0.5, 0.6) is 0 Å². The quantitative estimate of drug-likeness (QED) is 0.355. The maximum Gasteiger partial charge on any atom is 0.460 e. The van der Waals surface area contributed by atoms with Crippen LogP contribution in [-0.2, 0) is 6.54 Å². The lowest BCUT2D eigenvalue weighted by Gasteiger charge is -2.42. The van der Waals surface area contributed by atoms with Gasteiger partial charge in [0, 0.05) is 25.4 Å². The van der Waals surface area contributed by atoms with E-state index in [4.69, 9.17) is 0 Å². The Morgan fingerprint density at radius 2 is 0.906 bits per heavy atom. The van der Waals surface area contributed by atoms with Gasteiger partial charge in [-0.25, -0.2) is 4.98 Å². The van der Waals surface area contributed by atoms with Crippen molar-refractivity contribution in [1.82, 2.24) is 9.55 Å². The van der Waals surface area contributed by atoms with Crippen LogP contribution in [0.2, 0.25) is 0 Å². The van der Waals surface area contributed by atoms with E-state index in [-0.39, 0.29) is 0 Å². The Morgan fingerprint density at radius 1 is 0.531 bits per heavy atom. The van der Waals surface area contributed by atoms with Gasteiger partial charge in [0.15, 0.2) is 0 Å². The molecule has 0 N–H and O–H groups in total. The lowest BCUT2D eigenvalue weighted by molar-refractivity contribution is -0.461. The Kier molecular flexibility index (Phi) is 6.60. The SMILES string of the molecule is FC(F)(F)C(F)(F)C(F)(F)C(F)(F)C(F)(F)C(F)(F)C(F)(F)C(F)(F)CCn1ccnc1. The van der Waals surface area contributed by atoms with Crippen LogP contribution >= 0.6 is 0 Å². The van der Waals surface area contributed by atoms with Crippen LogP contribution in [0.15, 0.2) is 18.7 Å². The maximum atomic E-state index is 13.6. The largest absolute Gasteiger partial charge is 0.460 e. The molecule has 32 heavy (non-hydrogen) atoms. The highest BCUT2D eigenvalue weighted by atomic mass is 19.4. The Bertz CT molecular complexity index is 777. The zero-order valence-corrected chi connectivity index (χ0v) is 14.5. The highest BCUT2D eigenvalue weighted by Gasteiger charge is 2.95. The Morgan fingerprint density at radius 3 is 1.25 bits per heavy atom. The van der Waals surface area contributed by atoms with E-state index in [9.17, 15) is 74.6 Å². The van der Waals surface area contributed by atoms with Gasteiger partial charge in [0.1, 0.15) is 0 Å². The van der Waals surface area contributed by atoms with E-state index >= 15 is 0 Å². The van der Waals surface area contributed by atoms with Crippen LogP contribution < -0.4 is 0 Å². The summed E-state index contributed by atoms with van der Waals surface area (Å²) in [6, 6.07) is 0. The van der Waals surface area contributed by atoms with Crippen molar-refractivity contribution >= 4 is 0 Å². The van der Waals surface area contributed by atoms with E-state index in [2.05, 4.69) is 4.98 Å². The van der Waals surface area contributed by atoms with Crippen molar-refractivity contribution in [3.8, 4) is 0 Å². The molecular weight excluding hydrogens is 507 g/mol. The van der Waals surface area contributed by atoms with Gasteiger partial charge in [-0.15, -0.1) is 0 Å². The Labute approximate surface area is 165 Å². The second-order valence-corrected chi connectivity index (χ2v) is 6.20. The van der Waals surface area contributed by atoms with Gasteiger partial charge >= 0.3 is 47.6 Å². The molecule has 2 nitrogen and oxygen atoms in total. The fourth-order valence-corrected chi connectivity index (χ4v) is 2.04. The number of alkyl halides is 17. The van der Waals surface area contributed by atoms with E-state index < -0.39 is 60.6 Å². The predicted molar refractivity (Wildman–Crippen MR) is 67.5 cm³/mol. The van der Waals surface area contributed by atoms with Gasteiger partial charge in [0.25, 0.3) is 0 Å². The molecule has 1 rings (SSSR count). The first-order chi connectivity index (χ1) is 13.8. The summed E-state index contributed by atoms with van der Waals surface area (Å²) in [5.41, 5.74) is 0. The van der Waals surface area contributed by atoms with Gasteiger partial charge < -0.3 is 4.57 Å². The fraction of sp³-hybridized carbons (Fsp3) is 0.769. The summed E-state index contributed by atoms with van der Waals surface area (Å²) in [7, 11) is 0. The molecule has 1 aromatic rings. The van der Waals surface area contributed by atoms with Gasteiger partial charge in [-0.3, -0.25) is 0 Å². The van der Waals surface area contributed by atoms with Crippen molar-refractivity contribution in [3.63, 3.8) is 0 Å². The van der Waals surface area contributed by atoms with Crippen LogP contribution in [0, 0.1) is 0 Å². The number of rotatable bonds is 9. The van der Waals surface area contributed by atoms with E-state index in [1.165, 1.54) is 0 Å². The summed E-state index contributed by atoms with van der Waals surface area (Å²) in [4.78, 5) is 3.19. The minimum Gasteiger partial charge on any atom is -0.337 e. The molecule has 0 aliphatic heterocycles. The second kappa shape index (κ2) is 7.53. The molecule has 1 aromatic heterocycles. The zero-order chi connectivity index (χ0) is 25.8. The average molecular weight is 514 g/mol. The molecule has 0 aromatic carbocycles. The van der Waals surface area contributed by atoms with Crippen molar-refractivity contribution in [2.45, 2.75) is 60.6 Å². The molecule has 0 amide bonds. The fourth-order valence-electron chi connectivity index (χ4n) is 2.04. The van der Waals surface area contributed by atoms with Gasteiger partial charge in [-0.1, -0.05) is 0 Å².